The number of para-hydroxylation sites is 2. The first-order valence-corrected chi connectivity index (χ1v) is 11.1. The quantitative estimate of drug-likeness (QED) is 0.552. The fraction of sp³-hybridized carbons (Fsp3) is 0.174. The summed E-state index contributed by atoms with van der Waals surface area (Å²) in [6.45, 7) is 1.19. The van der Waals surface area contributed by atoms with E-state index >= 15 is 0 Å². The third-order valence-electron chi connectivity index (χ3n) is 4.67. The van der Waals surface area contributed by atoms with E-state index in [1.807, 2.05) is 0 Å². The van der Waals surface area contributed by atoms with E-state index in [-0.39, 0.29) is 16.3 Å². The topological polar surface area (TPSA) is 84.9 Å². The number of rotatable bonds is 8. The van der Waals surface area contributed by atoms with Crippen LogP contribution < -0.4 is 19.1 Å². The normalized spacial score (nSPS) is 11.0. The molecule has 3 aromatic carbocycles. The summed E-state index contributed by atoms with van der Waals surface area (Å²) in [7, 11) is -1.42. The zero-order valence-electron chi connectivity index (χ0n) is 17.8. The van der Waals surface area contributed by atoms with E-state index in [4.69, 9.17) is 9.47 Å². The van der Waals surface area contributed by atoms with Gasteiger partial charge in [-0.05, 0) is 61.0 Å². The van der Waals surface area contributed by atoms with E-state index in [0.717, 1.165) is 16.4 Å². The third kappa shape index (κ3) is 5.00. The Morgan fingerprint density at radius 2 is 1.62 bits per heavy atom. The molecule has 9 heteroatoms. The lowest BCUT2D eigenvalue weighted by Crippen LogP contribution is -2.38. The van der Waals surface area contributed by atoms with Crippen LogP contribution in [0.2, 0.25) is 0 Å². The third-order valence-corrected chi connectivity index (χ3v) is 6.47. The van der Waals surface area contributed by atoms with Crippen LogP contribution in [0.15, 0.2) is 71.6 Å². The highest BCUT2D eigenvalue weighted by atomic mass is 32.2. The van der Waals surface area contributed by atoms with Gasteiger partial charge in [-0.3, -0.25) is 9.10 Å². The predicted octanol–water partition coefficient (Wildman–Crippen LogP) is 3.99. The van der Waals surface area contributed by atoms with Crippen LogP contribution in [0.25, 0.3) is 0 Å². The number of aryl methyl sites for hydroxylation is 1. The average Bonchev–Trinajstić information content (AvgIpc) is 2.78. The van der Waals surface area contributed by atoms with Crippen molar-refractivity contribution in [1.82, 2.24) is 0 Å². The number of halogens is 1. The van der Waals surface area contributed by atoms with Crippen molar-refractivity contribution in [2.24, 2.45) is 0 Å². The fourth-order valence-corrected chi connectivity index (χ4v) is 4.76. The van der Waals surface area contributed by atoms with Crippen LogP contribution in [0, 0.1) is 12.7 Å². The highest BCUT2D eigenvalue weighted by Gasteiger charge is 2.30. The van der Waals surface area contributed by atoms with Crippen molar-refractivity contribution in [3.8, 4) is 11.5 Å². The molecule has 1 N–H and O–H groups in total. The minimum absolute atomic E-state index is 0.102. The Hall–Kier alpha value is -3.59. The summed E-state index contributed by atoms with van der Waals surface area (Å²) in [6, 6.07) is 16.3. The fourth-order valence-electron chi connectivity index (χ4n) is 3.09. The van der Waals surface area contributed by atoms with Crippen LogP contribution in [0.4, 0.5) is 15.8 Å². The number of ether oxygens (including phenoxy) is 2. The molecule has 7 nitrogen and oxygen atoms in total. The molecule has 3 aromatic rings. The maximum Gasteiger partial charge on any atom is 0.268 e. The van der Waals surface area contributed by atoms with Crippen LogP contribution in [0.1, 0.15) is 5.56 Å². The van der Waals surface area contributed by atoms with Gasteiger partial charge in [-0.2, -0.15) is 0 Å². The molecule has 0 spiro atoms. The summed E-state index contributed by atoms with van der Waals surface area (Å²) in [5, 5.41) is 2.66. The highest BCUT2D eigenvalue weighted by molar-refractivity contribution is 7.93. The van der Waals surface area contributed by atoms with Crippen LogP contribution in [0.3, 0.4) is 0 Å². The van der Waals surface area contributed by atoms with Gasteiger partial charge < -0.3 is 14.8 Å². The lowest BCUT2D eigenvalue weighted by molar-refractivity contribution is -0.114. The van der Waals surface area contributed by atoms with Crippen molar-refractivity contribution >= 4 is 27.3 Å². The number of benzene rings is 3. The van der Waals surface area contributed by atoms with Crippen molar-refractivity contribution in [2.45, 2.75) is 11.8 Å². The minimum atomic E-state index is -4.24. The second-order valence-corrected chi connectivity index (χ2v) is 8.72. The Balaban J connectivity index is 2.02. The second-order valence-electron chi connectivity index (χ2n) is 6.89. The van der Waals surface area contributed by atoms with Gasteiger partial charge in [-0.1, -0.05) is 18.2 Å². The lowest BCUT2D eigenvalue weighted by Gasteiger charge is -2.25. The molecule has 0 fully saturated rings. The summed E-state index contributed by atoms with van der Waals surface area (Å²) in [5.41, 5.74) is 1.22. The molecule has 0 saturated carbocycles. The number of carbonyl (C=O) groups is 1. The predicted molar refractivity (Wildman–Crippen MR) is 120 cm³/mol. The first kappa shape index (κ1) is 23.1. The molecule has 168 valence electrons. The molecule has 1 amide bonds. The van der Waals surface area contributed by atoms with Crippen molar-refractivity contribution in [1.29, 1.82) is 0 Å². The monoisotopic (exact) mass is 458 g/mol. The molecule has 0 aliphatic carbocycles. The van der Waals surface area contributed by atoms with Gasteiger partial charge in [0.1, 0.15) is 28.8 Å². The van der Waals surface area contributed by atoms with Crippen LogP contribution in [-0.2, 0) is 14.8 Å². The number of nitrogens with zero attached hydrogens (tertiary/aromatic N) is 1. The lowest BCUT2D eigenvalue weighted by atomic mass is 10.2. The van der Waals surface area contributed by atoms with Gasteiger partial charge in [0.25, 0.3) is 10.0 Å². The van der Waals surface area contributed by atoms with Gasteiger partial charge in [0.05, 0.1) is 25.6 Å². The molecule has 0 aromatic heterocycles. The molecular weight excluding hydrogens is 435 g/mol. The molecule has 0 aliphatic rings. The number of amides is 1. The van der Waals surface area contributed by atoms with E-state index in [1.165, 1.54) is 32.4 Å². The summed E-state index contributed by atoms with van der Waals surface area (Å²) < 4.78 is 52.1. The van der Waals surface area contributed by atoms with Crippen molar-refractivity contribution in [3.63, 3.8) is 0 Å². The highest BCUT2D eigenvalue weighted by Crippen LogP contribution is 2.31. The molecule has 0 saturated heterocycles. The molecule has 0 heterocycles. The molecule has 3 rings (SSSR count). The average molecular weight is 459 g/mol. The molecule has 0 bridgehead atoms. The Kier molecular flexibility index (Phi) is 6.99. The van der Waals surface area contributed by atoms with Crippen LogP contribution in [-0.4, -0.2) is 35.1 Å². The summed E-state index contributed by atoms with van der Waals surface area (Å²) in [5.74, 6) is -0.572. The SMILES string of the molecule is COc1ccccc1NC(=O)CN(c1ccc(F)cc1)S(=O)(=O)c1cc(C)ccc1OC. The van der Waals surface area contributed by atoms with Gasteiger partial charge in [-0.15, -0.1) is 0 Å². The van der Waals surface area contributed by atoms with Crippen LogP contribution in [0.5, 0.6) is 11.5 Å². The first-order chi connectivity index (χ1) is 15.3. The standard InChI is InChI=1S/C23H23FN2O5S/c1-16-8-13-21(31-3)22(14-16)32(28,29)26(18-11-9-17(24)10-12-18)15-23(27)25-19-6-4-5-7-20(19)30-2/h4-14H,15H2,1-3H3,(H,25,27). The van der Waals surface area contributed by atoms with Gasteiger partial charge >= 0.3 is 0 Å². The largest absolute Gasteiger partial charge is 0.495 e. The number of sulfonamides is 1. The second kappa shape index (κ2) is 9.69. The molecule has 0 radical (unpaired) electrons. The summed E-state index contributed by atoms with van der Waals surface area (Å²) >= 11 is 0. The number of carbonyl (C=O) groups excluding carboxylic acids is 1. The van der Waals surface area contributed by atoms with Gasteiger partial charge in [0.2, 0.25) is 5.91 Å². The molecule has 32 heavy (non-hydrogen) atoms. The zero-order chi connectivity index (χ0) is 23.3. The summed E-state index contributed by atoms with van der Waals surface area (Å²) in [6.07, 6.45) is 0. The van der Waals surface area contributed by atoms with Gasteiger partial charge in [-0.25, -0.2) is 12.8 Å². The minimum Gasteiger partial charge on any atom is -0.495 e. The zero-order valence-corrected chi connectivity index (χ0v) is 18.6. The van der Waals surface area contributed by atoms with Crippen molar-refractivity contribution < 1.29 is 27.1 Å². The number of hydrogen-bond donors (Lipinski definition) is 1. The number of hydrogen-bond acceptors (Lipinski definition) is 5. The number of nitrogens with one attached hydrogen (secondary N) is 1. The van der Waals surface area contributed by atoms with Gasteiger partial charge in [0, 0.05) is 0 Å². The van der Waals surface area contributed by atoms with Crippen molar-refractivity contribution in [3.05, 3.63) is 78.1 Å². The van der Waals surface area contributed by atoms with E-state index in [2.05, 4.69) is 5.32 Å². The smallest absolute Gasteiger partial charge is 0.268 e. The molecule has 0 unspecified atom stereocenters. The molecule has 0 atom stereocenters. The van der Waals surface area contributed by atoms with Crippen molar-refractivity contribution in [2.75, 3.05) is 30.4 Å². The Labute approximate surface area is 186 Å². The Morgan fingerprint density at radius 1 is 0.969 bits per heavy atom. The number of anilines is 2. The van der Waals surface area contributed by atoms with E-state index in [9.17, 15) is 17.6 Å². The Bertz CT molecular complexity index is 1210. The molecule has 0 aliphatic heterocycles. The maximum absolute atomic E-state index is 13.6. The molecular formula is C23H23FN2O5S. The summed E-state index contributed by atoms with van der Waals surface area (Å²) in [4.78, 5) is 12.8. The van der Waals surface area contributed by atoms with Crippen LogP contribution >= 0.6 is 0 Å². The maximum atomic E-state index is 13.6. The number of methoxy groups -OCH3 is 2. The van der Waals surface area contributed by atoms with Gasteiger partial charge in [0.15, 0.2) is 0 Å². The van der Waals surface area contributed by atoms with E-state index in [1.54, 1.807) is 43.3 Å². The van der Waals surface area contributed by atoms with E-state index in [0.29, 0.717) is 17.0 Å². The first-order valence-electron chi connectivity index (χ1n) is 9.62. The van der Waals surface area contributed by atoms with E-state index < -0.39 is 28.3 Å². The Morgan fingerprint density at radius 3 is 2.28 bits per heavy atom.